The summed E-state index contributed by atoms with van der Waals surface area (Å²) in [7, 11) is 3.46. The molecule has 1 aromatic rings. The molecule has 6 nitrogen and oxygen atoms in total. The summed E-state index contributed by atoms with van der Waals surface area (Å²) >= 11 is 0. The van der Waals surface area contributed by atoms with Crippen LogP contribution in [-0.4, -0.2) is 58.3 Å². The molecule has 0 atom stereocenters. The fraction of sp³-hybridized carbons (Fsp3) is 0.526. The highest BCUT2D eigenvalue weighted by molar-refractivity contribution is 7.89. The van der Waals surface area contributed by atoms with Gasteiger partial charge in [-0.1, -0.05) is 24.6 Å². The molecule has 1 aromatic carbocycles. The van der Waals surface area contributed by atoms with Gasteiger partial charge in [0.1, 0.15) is 0 Å². The first kappa shape index (κ1) is 22.2. The van der Waals surface area contributed by atoms with Crippen LogP contribution in [0.1, 0.15) is 31.2 Å². The van der Waals surface area contributed by atoms with E-state index in [1.165, 1.54) is 31.2 Å². The van der Waals surface area contributed by atoms with Gasteiger partial charge in [-0.25, -0.2) is 12.7 Å². The highest BCUT2D eigenvalue weighted by Crippen LogP contribution is 2.14. The second kappa shape index (κ2) is 11.0. The molecule has 7 heteroatoms. The van der Waals surface area contributed by atoms with Crippen molar-refractivity contribution < 1.29 is 8.42 Å². The van der Waals surface area contributed by atoms with Gasteiger partial charge in [0.25, 0.3) is 0 Å². The van der Waals surface area contributed by atoms with Crippen LogP contribution in [0.25, 0.3) is 0 Å². The van der Waals surface area contributed by atoms with Gasteiger partial charge >= 0.3 is 0 Å². The summed E-state index contributed by atoms with van der Waals surface area (Å²) < 4.78 is 25.4. The molecule has 0 fully saturated rings. The Hall–Kier alpha value is -1.86. The predicted octanol–water partition coefficient (Wildman–Crippen LogP) is 2.69. The van der Waals surface area contributed by atoms with Crippen molar-refractivity contribution in [1.82, 2.24) is 14.5 Å². The molecule has 146 valence electrons. The van der Waals surface area contributed by atoms with E-state index in [0.717, 1.165) is 30.9 Å². The number of allylic oxidation sites excluding steroid dienone is 1. The topological polar surface area (TPSA) is 65.0 Å². The maximum absolute atomic E-state index is 12.1. The molecule has 1 N–H and O–H groups in total. The quantitative estimate of drug-likeness (QED) is 0.293. The summed E-state index contributed by atoms with van der Waals surface area (Å²) in [5.41, 5.74) is 1.00. The maximum Gasteiger partial charge on any atom is 0.242 e. The van der Waals surface area contributed by atoms with E-state index in [-0.39, 0.29) is 0 Å². The monoisotopic (exact) mass is 380 g/mol. The van der Waals surface area contributed by atoms with Crippen LogP contribution in [0.3, 0.4) is 0 Å². The fourth-order valence-corrected chi connectivity index (χ4v) is 3.38. The molecule has 1 rings (SSSR count). The van der Waals surface area contributed by atoms with Crippen LogP contribution in [0.2, 0.25) is 0 Å². The van der Waals surface area contributed by atoms with Crippen LogP contribution in [0, 0.1) is 0 Å². The number of rotatable bonds is 10. The third-order valence-electron chi connectivity index (χ3n) is 4.13. The number of hydrogen-bond donors (Lipinski definition) is 1. The number of benzene rings is 1. The summed E-state index contributed by atoms with van der Waals surface area (Å²) in [6, 6.07) is 6.93. The minimum atomic E-state index is -3.39. The summed E-state index contributed by atoms with van der Waals surface area (Å²) in [6.07, 6.45) is 6.48. The number of hydrogen-bond acceptors (Lipinski definition) is 3. The molecular weight excluding hydrogens is 348 g/mol. The zero-order valence-electron chi connectivity index (χ0n) is 16.4. The van der Waals surface area contributed by atoms with Crippen molar-refractivity contribution >= 4 is 16.0 Å². The molecular formula is C19H32N4O2S. The Morgan fingerprint density at radius 3 is 2.35 bits per heavy atom. The van der Waals surface area contributed by atoms with Gasteiger partial charge < -0.3 is 10.2 Å². The lowest BCUT2D eigenvalue weighted by molar-refractivity contribution is 0.455. The molecule has 0 radical (unpaired) electrons. The number of nitrogens with zero attached hydrogens (tertiary/aromatic N) is 3. The second-order valence-corrected chi connectivity index (χ2v) is 8.54. The zero-order chi connectivity index (χ0) is 19.6. The molecule has 0 amide bonds. The van der Waals surface area contributed by atoms with Crippen LogP contribution in [0.5, 0.6) is 0 Å². The maximum atomic E-state index is 12.1. The average molecular weight is 381 g/mol. The van der Waals surface area contributed by atoms with Crippen LogP contribution in [0.4, 0.5) is 0 Å². The molecule has 0 aliphatic heterocycles. The number of aliphatic imine (C=N–C) groups is 1. The standard InChI is InChI=1S/C19H32N4O2S/c1-6-7-8-9-10-15-23(5)19(20-2)21-16-17-11-13-18(14-12-17)26(24,25)22(3)4/h6,11-14H,1,7-10,15-16H2,2-5H3,(H,20,21). The molecule has 0 aromatic heterocycles. The van der Waals surface area contributed by atoms with Crippen LogP contribution in [-0.2, 0) is 16.6 Å². The van der Waals surface area contributed by atoms with Crippen molar-refractivity contribution in [2.75, 3.05) is 34.7 Å². The lowest BCUT2D eigenvalue weighted by Crippen LogP contribution is -2.39. The Labute approximate surface area is 158 Å². The molecule has 0 heterocycles. The predicted molar refractivity (Wildman–Crippen MR) is 109 cm³/mol. The Morgan fingerprint density at radius 2 is 1.81 bits per heavy atom. The SMILES string of the molecule is C=CCCCCCN(C)C(=NC)NCc1ccc(S(=O)(=O)N(C)C)cc1. The van der Waals surface area contributed by atoms with Gasteiger partial charge in [-0.2, -0.15) is 0 Å². The van der Waals surface area contributed by atoms with Gasteiger partial charge in [0, 0.05) is 41.3 Å². The molecule has 0 saturated heterocycles. The number of nitrogens with one attached hydrogen (secondary N) is 1. The third-order valence-corrected chi connectivity index (χ3v) is 5.96. The van der Waals surface area contributed by atoms with Crippen LogP contribution < -0.4 is 5.32 Å². The fourth-order valence-electron chi connectivity index (χ4n) is 2.48. The summed E-state index contributed by atoms with van der Waals surface area (Å²) in [4.78, 5) is 6.72. The Morgan fingerprint density at radius 1 is 1.15 bits per heavy atom. The van der Waals surface area contributed by atoms with Crippen molar-refractivity contribution in [2.24, 2.45) is 4.99 Å². The van der Waals surface area contributed by atoms with E-state index in [1.807, 2.05) is 25.3 Å². The van der Waals surface area contributed by atoms with E-state index in [4.69, 9.17) is 0 Å². The highest BCUT2D eigenvalue weighted by Gasteiger charge is 2.16. The Balaban J connectivity index is 2.54. The van der Waals surface area contributed by atoms with E-state index in [2.05, 4.69) is 21.8 Å². The first-order valence-corrected chi connectivity index (χ1v) is 10.3. The molecule has 0 unspecified atom stereocenters. The van der Waals surface area contributed by atoms with Gasteiger partial charge in [-0.3, -0.25) is 4.99 Å². The van der Waals surface area contributed by atoms with E-state index in [0.29, 0.717) is 11.4 Å². The van der Waals surface area contributed by atoms with Gasteiger partial charge in [0.05, 0.1) is 4.90 Å². The first-order valence-electron chi connectivity index (χ1n) is 8.87. The van der Waals surface area contributed by atoms with Crippen molar-refractivity contribution in [1.29, 1.82) is 0 Å². The number of sulfonamides is 1. The Kier molecular flexibility index (Phi) is 9.37. The van der Waals surface area contributed by atoms with E-state index >= 15 is 0 Å². The lowest BCUT2D eigenvalue weighted by Gasteiger charge is -2.22. The molecule has 0 aliphatic carbocycles. The summed E-state index contributed by atoms with van der Waals surface area (Å²) in [6.45, 7) is 5.27. The summed E-state index contributed by atoms with van der Waals surface area (Å²) in [5.74, 6) is 0.832. The van der Waals surface area contributed by atoms with Crippen LogP contribution >= 0.6 is 0 Å². The Bertz CT molecular complexity index is 682. The van der Waals surface area contributed by atoms with Gasteiger partial charge in [0.2, 0.25) is 10.0 Å². The minimum absolute atomic E-state index is 0.298. The summed E-state index contributed by atoms with van der Waals surface area (Å²) in [5, 5.41) is 3.32. The minimum Gasteiger partial charge on any atom is -0.352 e. The second-order valence-electron chi connectivity index (χ2n) is 6.39. The molecule has 0 bridgehead atoms. The average Bonchev–Trinajstić information content (AvgIpc) is 2.62. The largest absolute Gasteiger partial charge is 0.352 e. The smallest absolute Gasteiger partial charge is 0.242 e. The van der Waals surface area contributed by atoms with Crippen molar-refractivity contribution in [3.05, 3.63) is 42.5 Å². The normalized spacial score (nSPS) is 12.3. The van der Waals surface area contributed by atoms with Crippen molar-refractivity contribution in [2.45, 2.75) is 37.1 Å². The highest BCUT2D eigenvalue weighted by atomic mass is 32.2. The molecule has 0 aliphatic rings. The molecule has 0 saturated carbocycles. The third kappa shape index (κ3) is 6.80. The van der Waals surface area contributed by atoms with Crippen molar-refractivity contribution in [3.8, 4) is 0 Å². The van der Waals surface area contributed by atoms with Crippen LogP contribution in [0.15, 0.2) is 46.8 Å². The van der Waals surface area contributed by atoms with Crippen molar-refractivity contribution in [3.63, 3.8) is 0 Å². The number of guanidine groups is 1. The van der Waals surface area contributed by atoms with Gasteiger partial charge in [0.15, 0.2) is 5.96 Å². The van der Waals surface area contributed by atoms with E-state index < -0.39 is 10.0 Å². The molecule has 0 spiro atoms. The van der Waals surface area contributed by atoms with E-state index in [9.17, 15) is 8.42 Å². The number of unbranched alkanes of at least 4 members (excludes halogenated alkanes) is 3. The lowest BCUT2D eigenvalue weighted by atomic mass is 10.2. The zero-order valence-corrected chi connectivity index (χ0v) is 17.2. The first-order chi connectivity index (χ1) is 12.3. The van der Waals surface area contributed by atoms with Gasteiger partial charge in [-0.05, 0) is 37.0 Å². The van der Waals surface area contributed by atoms with Gasteiger partial charge in [-0.15, -0.1) is 6.58 Å². The van der Waals surface area contributed by atoms with E-state index in [1.54, 1.807) is 19.2 Å². The molecule has 26 heavy (non-hydrogen) atoms.